The molecule has 0 saturated carbocycles. The van der Waals surface area contributed by atoms with Crippen LogP contribution in [0.3, 0.4) is 0 Å². The van der Waals surface area contributed by atoms with Gasteiger partial charge in [0.05, 0.1) is 0 Å². The minimum Gasteiger partial charge on any atom is -0.352 e. The Morgan fingerprint density at radius 2 is 2.00 bits per heavy atom. The van der Waals surface area contributed by atoms with Gasteiger partial charge < -0.3 is 9.88 Å². The number of aromatic nitrogens is 1. The van der Waals surface area contributed by atoms with Gasteiger partial charge in [0.25, 0.3) is 0 Å². The van der Waals surface area contributed by atoms with Crippen molar-refractivity contribution in [3.8, 4) is 0 Å². The lowest BCUT2D eigenvalue weighted by Gasteiger charge is -2.02. The highest BCUT2D eigenvalue weighted by molar-refractivity contribution is 5.26. The van der Waals surface area contributed by atoms with E-state index in [1.807, 2.05) is 7.05 Å². The van der Waals surface area contributed by atoms with Crippen molar-refractivity contribution >= 4 is 0 Å². The van der Waals surface area contributed by atoms with Crippen LogP contribution in [0, 0.1) is 13.8 Å². The first-order valence-corrected chi connectivity index (χ1v) is 5.43. The van der Waals surface area contributed by atoms with Gasteiger partial charge in [-0.15, -0.1) is 0 Å². The number of nitrogens with one attached hydrogen (secondary N) is 1. The summed E-state index contributed by atoms with van der Waals surface area (Å²) in [6, 6.07) is 2.31. The zero-order valence-electron chi connectivity index (χ0n) is 9.85. The van der Waals surface area contributed by atoms with Crippen molar-refractivity contribution in [2.24, 2.45) is 7.05 Å². The van der Waals surface area contributed by atoms with E-state index in [1.54, 1.807) is 0 Å². The molecule has 0 radical (unpaired) electrons. The maximum absolute atomic E-state index is 3.18. The van der Waals surface area contributed by atoms with E-state index in [9.17, 15) is 0 Å². The van der Waals surface area contributed by atoms with Crippen LogP contribution in [0.1, 0.15) is 29.8 Å². The lowest BCUT2D eigenvalue weighted by Crippen LogP contribution is -2.07. The molecule has 0 bridgehead atoms. The van der Waals surface area contributed by atoms with Gasteiger partial charge in [-0.2, -0.15) is 0 Å². The molecule has 0 fully saturated rings. The van der Waals surface area contributed by atoms with Gasteiger partial charge in [0, 0.05) is 18.4 Å². The molecule has 0 aliphatic heterocycles. The van der Waals surface area contributed by atoms with E-state index in [4.69, 9.17) is 0 Å². The van der Waals surface area contributed by atoms with Gasteiger partial charge in [-0.3, -0.25) is 0 Å². The highest BCUT2D eigenvalue weighted by Gasteiger charge is 2.04. The predicted molar refractivity (Wildman–Crippen MR) is 61.8 cm³/mol. The summed E-state index contributed by atoms with van der Waals surface area (Å²) in [5.41, 5.74) is 4.30. The molecular weight excluding hydrogens is 172 g/mol. The predicted octanol–water partition coefficient (Wildman–Crippen LogP) is 2.18. The summed E-state index contributed by atoms with van der Waals surface area (Å²) in [5, 5.41) is 3.18. The first-order chi connectivity index (χ1) is 6.66. The van der Waals surface area contributed by atoms with Crippen LogP contribution in [-0.4, -0.2) is 18.2 Å². The lowest BCUT2D eigenvalue weighted by atomic mass is 10.1. The van der Waals surface area contributed by atoms with E-state index >= 15 is 0 Å². The van der Waals surface area contributed by atoms with Crippen LogP contribution in [0.4, 0.5) is 0 Å². The van der Waals surface area contributed by atoms with Crippen molar-refractivity contribution in [3.63, 3.8) is 0 Å². The molecule has 0 saturated heterocycles. The zero-order chi connectivity index (χ0) is 10.6. The number of hydrogen-bond acceptors (Lipinski definition) is 1. The Labute approximate surface area is 87.3 Å². The number of rotatable bonds is 5. The Hall–Kier alpha value is -0.760. The first-order valence-electron chi connectivity index (χ1n) is 5.43. The standard InChI is InChI=1S/C12H22N2/c1-10-9-12(11(2)14(10)4)7-5-6-8-13-3/h9,13H,5-8H2,1-4H3. The largest absolute Gasteiger partial charge is 0.352 e. The zero-order valence-corrected chi connectivity index (χ0v) is 9.85. The summed E-state index contributed by atoms with van der Waals surface area (Å²) in [4.78, 5) is 0. The van der Waals surface area contributed by atoms with Crippen LogP contribution in [0.25, 0.3) is 0 Å². The van der Waals surface area contributed by atoms with E-state index < -0.39 is 0 Å². The molecule has 0 aromatic carbocycles. The third-order valence-electron chi connectivity index (χ3n) is 3.00. The molecule has 1 aromatic heterocycles. The third-order valence-corrected chi connectivity index (χ3v) is 3.00. The smallest absolute Gasteiger partial charge is 0.0175 e. The summed E-state index contributed by atoms with van der Waals surface area (Å²) < 4.78 is 2.27. The summed E-state index contributed by atoms with van der Waals surface area (Å²) in [6.45, 7) is 5.51. The van der Waals surface area contributed by atoms with E-state index in [2.05, 4.69) is 36.8 Å². The maximum atomic E-state index is 3.18. The first kappa shape index (κ1) is 11.3. The van der Waals surface area contributed by atoms with Crippen molar-refractivity contribution in [3.05, 3.63) is 23.0 Å². The molecule has 80 valence electrons. The summed E-state index contributed by atoms with van der Waals surface area (Å²) in [5.74, 6) is 0. The summed E-state index contributed by atoms with van der Waals surface area (Å²) in [6.07, 6.45) is 3.77. The maximum Gasteiger partial charge on any atom is 0.0175 e. The third kappa shape index (κ3) is 2.61. The van der Waals surface area contributed by atoms with Crippen molar-refractivity contribution < 1.29 is 0 Å². The van der Waals surface area contributed by atoms with Crippen LogP contribution in [0.2, 0.25) is 0 Å². The second-order valence-electron chi connectivity index (χ2n) is 4.02. The van der Waals surface area contributed by atoms with Gasteiger partial charge in [0.1, 0.15) is 0 Å². The van der Waals surface area contributed by atoms with Crippen LogP contribution < -0.4 is 5.32 Å². The molecule has 2 nitrogen and oxygen atoms in total. The Kier molecular flexibility index (Phi) is 4.21. The highest BCUT2D eigenvalue weighted by Crippen LogP contribution is 2.15. The van der Waals surface area contributed by atoms with Crippen molar-refractivity contribution in [1.82, 2.24) is 9.88 Å². The Morgan fingerprint density at radius 1 is 1.29 bits per heavy atom. The molecule has 1 N–H and O–H groups in total. The van der Waals surface area contributed by atoms with Gasteiger partial charge in [0.2, 0.25) is 0 Å². The van der Waals surface area contributed by atoms with Gasteiger partial charge in [-0.1, -0.05) is 0 Å². The fourth-order valence-corrected chi connectivity index (χ4v) is 1.80. The molecular formula is C12H22N2. The van der Waals surface area contributed by atoms with Crippen molar-refractivity contribution in [2.45, 2.75) is 33.1 Å². The molecule has 1 rings (SSSR count). The molecule has 0 aliphatic rings. The minimum absolute atomic E-state index is 1.13. The number of nitrogens with zero attached hydrogens (tertiary/aromatic N) is 1. The summed E-state index contributed by atoms with van der Waals surface area (Å²) >= 11 is 0. The van der Waals surface area contributed by atoms with Gasteiger partial charge >= 0.3 is 0 Å². The number of hydrogen-bond donors (Lipinski definition) is 1. The van der Waals surface area contributed by atoms with E-state index in [-0.39, 0.29) is 0 Å². The van der Waals surface area contributed by atoms with E-state index in [0.717, 1.165) is 6.54 Å². The molecule has 1 heterocycles. The average Bonchev–Trinajstić information content (AvgIpc) is 2.41. The van der Waals surface area contributed by atoms with Crippen LogP contribution >= 0.6 is 0 Å². The fraction of sp³-hybridized carbons (Fsp3) is 0.667. The van der Waals surface area contributed by atoms with Crippen molar-refractivity contribution in [1.29, 1.82) is 0 Å². The Balaban J connectivity index is 2.47. The fourth-order valence-electron chi connectivity index (χ4n) is 1.80. The van der Waals surface area contributed by atoms with Crippen LogP contribution in [0.5, 0.6) is 0 Å². The second kappa shape index (κ2) is 5.20. The quantitative estimate of drug-likeness (QED) is 0.711. The minimum atomic E-state index is 1.13. The summed E-state index contributed by atoms with van der Waals surface area (Å²) in [7, 11) is 4.15. The average molecular weight is 194 g/mol. The van der Waals surface area contributed by atoms with Crippen molar-refractivity contribution in [2.75, 3.05) is 13.6 Å². The molecule has 14 heavy (non-hydrogen) atoms. The lowest BCUT2D eigenvalue weighted by molar-refractivity contribution is 0.674. The van der Waals surface area contributed by atoms with Gasteiger partial charge in [-0.25, -0.2) is 0 Å². The Morgan fingerprint density at radius 3 is 2.50 bits per heavy atom. The number of aryl methyl sites for hydroxylation is 2. The number of unbranched alkanes of at least 4 members (excludes halogenated alkanes) is 1. The molecule has 0 atom stereocenters. The molecule has 0 unspecified atom stereocenters. The van der Waals surface area contributed by atoms with Crippen LogP contribution in [-0.2, 0) is 13.5 Å². The second-order valence-corrected chi connectivity index (χ2v) is 4.02. The molecule has 2 heteroatoms. The SMILES string of the molecule is CNCCCCc1cc(C)n(C)c1C. The normalized spacial score (nSPS) is 10.9. The molecule has 0 amide bonds. The van der Waals surface area contributed by atoms with Gasteiger partial charge in [0.15, 0.2) is 0 Å². The van der Waals surface area contributed by atoms with E-state index in [0.29, 0.717) is 0 Å². The Bertz CT molecular complexity index is 287. The molecule has 0 aliphatic carbocycles. The highest BCUT2D eigenvalue weighted by atomic mass is 14.9. The topological polar surface area (TPSA) is 17.0 Å². The van der Waals surface area contributed by atoms with E-state index in [1.165, 1.54) is 36.2 Å². The van der Waals surface area contributed by atoms with Gasteiger partial charge in [-0.05, 0) is 58.3 Å². The van der Waals surface area contributed by atoms with Crippen LogP contribution in [0.15, 0.2) is 6.07 Å². The monoisotopic (exact) mass is 194 g/mol. The molecule has 1 aromatic rings. The molecule has 0 spiro atoms.